The summed E-state index contributed by atoms with van der Waals surface area (Å²) in [6, 6.07) is 8.50. The maximum absolute atomic E-state index is 3.11. The van der Waals surface area contributed by atoms with E-state index in [2.05, 4.69) is 47.7 Å². The van der Waals surface area contributed by atoms with E-state index in [1.165, 1.54) is 4.90 Å². The highest BCUT2D eigenvalue weighted by Crippen LogP contribution is 2.23. The molecule has 0 spiro atoms. The predicted octanol–water partition coefficient (Wildman–Crippen LogP) is 3.08. The molecule has 1 aromatic rings. The van der Waals surface area contributed by atoms with Gasteiger partial charge in [0.05, 0.1) is 0 Å². The molecule has 0 saturated carbocycles. The standard InChI is InChI=1S/C11H18N2S/c1-4-13(5-2)14-11-8-6-10(12-3)7-9-11/h6-9,12H,4-5H2,1-3H3. The molecule has 0 aliphatic carbocycles. The quantitative estimate of drug-likeness (QED) is 0.752. The average molecular weight is 210 g/mol. The fraction of sp³-hybridized carbons (Fsp3) is 0.455. The number of rotatable bonds is 5. The summed E-state index contributed by atoms with van der Waals surface area (Å²) in [5, 5.41) is 3.11. The fourth-order valence-electron chi connectivity index (χ4n) is 1.18. The van der Waals surface area contributed by atoms with Gasteiger partial charge in [0.25, 0.3) is 0 Å². The van der Waals surface area contributed by atoms with E-state index in [9.17, 15) is 0 Å². The van der Waals surface area contributed by atoms with E-state index in [0.29, 0.717) is 0 Å². The van der Waals surface area contributed by atoms with Gasteiger partial charge in [-0.25, -0.2) is 4.31 Å². The first-order chi connectivity index (χ1) is 6.80. The van der Waals surface area contributed by atoms with Gasteiger partial charge < -0.3 is 5.32 Å². The average Bonchev–Trinajstić information content (AvgIpc) is 2.26. The molecular formula is C11H18N2S. The highest BCUT2D eigenvalue weighted by atomic mass is 32.2. The summed E-state index contributed by atoms with van der Waals surface area (Å²) in [4.78, 5) is 1.30. The molecule has 0 heterocycles. The first kappa shape index (κ1) is 11.4. The van der Waals surface area contributed by atoms with Gasteiger partial charge in [0.2, 0.25) is 0 Å². The van der Waals surface area contributed by atoms with E-state index in [1.54, 1.807) is 0 Å². The van der Waals surface area contributed by atoms with E-state index >= 15 is 0 Å². The number of hydrogen-bond donors (Lipinski definition) is 1. The zero-order valence-corrected chi connectivity index (χ0v) is 9.90. The SMILES string of the molecule is CCN(CC)Sc1ccc(NC)cc1. The van der Waals surface area contributed by atoms with Crippen molar-refractivity contribution in [3.05, 3.63) is 24.3 Å². The fourth-order valence-corrected chi connectivity index (χ4v) is 2.00. The molecule has 0 saturated heterocycles. The van der Waals surface area contributed by atoms with E-state index in [1.807, 2.05) is 19.0 Å². The molecule has 0 atom stereocenters. The van der Waals surface area contributed by atoms with Crippen molar-refractivity contribution < 1.29 is 0 Å². The number of anilines is 1. The summed E-state index contributed by atoms with van der Waals surface area (Å²) in [6.45, 7) is 6.51. The first-order valence-electron chi connectivity index (χ1n) is 5.00. The summed E-state index contributed by atoms with van der Waals surface area (Å²) in [6.07, 6.45) is 0. The van der Waals surface area contributed by atoms with E-state index in [4.69, 9.17) is 0 Å². The number of nitrogens with one attached hydrogen (secondary N) is 1. The molecule has 0 radical (unpaired) electrons. The Hall–Kier alpha value is -0.670. The normalized spacial score (nSPS) is 10.6. The second-order valence-corrected chi connectivity index (χ2v) is 4.15. The topological polar surface area (TPSA) is 15.3 Å². The van der Waals surface area contributed by atoms with Crippen LogP contribution >= 0.6 is 11.9 Å². The van der Waals surface area contributed by atoms with Gasteiger partial charge in [-0.2, -0.15) is 0 Å². The Bertz CT molecular complexity index is 254. The van der Waals surface area contributed by atoms with Crippen molar-refractivity contribution in [2.75, 3.05) is 25.5 Å². The van der Waals surface area contributed by atoms with Gasteiger partial charge >= 0.3 is 0 Å². The van der Waals surface area contributed by atoms with Gasteiger partial charge in [0.1, 0.15) is 0 Å². The third-order valence-corrected chi connectivity index (χ3v) is 3.34. The molecule has 0 unspecified atom stereocenters. The Kier molecular flexibility index (Phi) is 4.84. The molecule has 0 aromatic heterocycles. The summed E-state index contributed by atoms with van der Waals surface area (Å²) in [5.41, 5.74) is 1.16. The largest absolute Gasteiger partial charge is 0.388 e. The zero-order chi connectivity index (χ0) is 10.4. The lowest BCUT2D eigenvalue weighted by atomic mass is 10.3. The maximum Gasteiger partial charge on any atom is 0.0338 e. The van der Waals surface area contributed by atoms with Crippen LogP contribution in [-0.4, -0.2) is 24.4 Å². The van der Waals surface area contributed by atoms with Crippen LogP contribution in [0.5, 0.6) is 0 Å². The van der Waals surface area contributed by atoms with Gasteiger partial charge in [-0.05, 0) is 36.2 Å². The van der Waals surface area contributed by atoms with Crippen LogP contribution < -0.4 is 5.32 Å². The van der Waals surface area contributed by atoms with E-state index < -0.39 is 0 Å². The van der Waals surface area contributed by atoms with Crippen molar-refractivity contribution in [2.45, 2.75) is 18.7 Å². The molecule has 0 aliphatic rings. The van der Waals surface area contributed by atoms with Gasteiger partial charge in [-0.1, -0.05) is 13.8 Å². The van der Waals surface area contributed by atoms with Gasteiger partial charge in [0, 0.05) is 30.7 Å². The summed E-state index contributed by atoms with van der Waals surface area (Å²) in [7, 11) is 1.94. The molecule has 14 heavy (non-hydrogen) atoms. The molecule has 1 N–H and O–H groups in total. The Morgan fingerprint density at radius 2 is 1.71 bits per heavy atom. The minimum atomic E-state index is 1.08. The third kappa shape index (κ3) is 3.24. The predicted molar refractivity (Wildman–Crippen MR) is 64.8 cm³/mol. The van der Waals surface area contributed by atoms with Crippen LogP contribution in [0.2, 0.25) is 0 Å². The molecule has 0 fully saturated rings. The summed E-state index contributed by atoms with van der Waals surface area (Å²) < 4.78 is 2.33. The lowest BCUT2D eigenvalue weighted by Crippen LogP contribution is -2.13. The summed E-state index contributed by atoms with van der Waals surface area (Å²) in [5.74, 6) is 0. The highest BCUT2D eigenvalue weighted by Gasteiger charge is 2.01. The molecule has 1 rings (SSSR count). The Morgan fingerprint density at radius 3 is 2.14 bits per heavy atom. The molecule has 2 nitrogen and oxygen atoms in total. The monoisotopic (exact) mass is 210 g/mol. The van der Waals surface area contributed by atoms with Crippen molar-refractivity contribution in [3.63, 3.8) is 0 Å². The van der Waals surface area contributed by atoms with Crippen molar-refractivity contribution in [1.82, 2.24) is 4.31 Å². The van der Waals surface area contributed by atoms with E-state index in [-0.39, 0.29) is 0 Å². The third-order valence-electron chi connectivity index (χ3n) is 2.08. The Labute approximate surface area is 90.8 Å². The number of nitrogens with zero attached hydrogens (tertiary/aromatic N) is 1. The smallest absolute Gasteiger partial charge is 0.0338 e. The highest BCUT2D eigenvalue weighted by molar-refractivity contribution is 7.97. The van der Waals surface area contributed by atoms with Crippen LogP contribution in [0.25, 0.3) is 0 Å². The number of benzene rings is 1. The second-order valence-electron chi connectivity index (χ2n) is 2.98. The molecule has 1 aromatic carbocycles. The van der Waals surface area contributed by atoms with Crippen LogP contribution in [0.4, 0.5) is 5.69 Å². The van der Waals surface area contributed by atoms with Crippen LogP contribution in [-0.2, 0) is 0 Å². The van der Waals surface area contributed by atoms with Crippen molar-refractivity contribution in [2.24, 2.45) is 0 Å². The van der Waals surface area contributed by atoms with Crippen LogP contribution in [0.3, 0.4) is 0 Å². The van der Waals surface area contributed by atoms with Crippen molar-refractivity contribution in [3.8, 4) is 0 Å². The molecule has 0 amide bonds. The lowest BCUT2D eigenvalue weighted by molar-refractivity contribution is 0.525. The lowest BCUT2D eigenvalue weighted by Gasteiger charge is -2.16. The Balaban J connectivity index is 2.58. The van der Waals surface area contributed by atoms with Gasteiger partial charge in [0.15, 0.2) is 0 Å². The molecule has 3 heteroatoms. The van der Waals surface area contributed by atoms with Crippen LogP contribution in [0.1, 0.15) is 13.8 Å². The molecule has 0 bridgehead atoms. The molecular weight excluding hydrogens is 192 g/mol. The summed E-state index contributed by atoms with van der Waals surface area (Å²) >= 11 is 1.81. The first-order valence-corrected chi connectivity index (χ1v) is 5.78. The van der Waals surface area contributed by atoms with Crippen LogP contribution in [0, 0.1) is 0 Å². The number of hydrogen-bond acceptors (Lipinski definition) is 3. The van der Waals surface area contributed by atoms with E-state index in [0.717, 1.165) is 18.8 Å². The Morgan fingerprint density at radius 1 is 1.14 bits per heavy atom. The molecule has 78 valence electrons. The van der Waals surface area contributed by atoms with Gasteiger partial charge in [-0.15, -0.1) is 0 Å². The van der Waals surface area contributed by atoms with Crippen molar-refractivity contribution in [1.29, 1.82) is 0 Å². The van der Waals surface area contributed by atoms with Gasteiger partial charge in [-0.3, -0.25) is 0 Å². The molecule has 0 aliphatic heterocycles. The zero-order valence-electron chi connectivity index (χ0n) is 9.08. The maximum atomic E-state index is 3.11. The van der Waals surface area contributed by atoms with Crippen LogP contribution in [0.15, 0.2) is 29.2 Å². The minimum absolute atomic E-state index is 1.08. The van der Waals surface area contributed by atoms with Crippen molar-refractivity contribution >= 4 is 17.6 Å². The second kappa shape index (κ2) is 5.94. The minimum Gasteiger partial charge on any atom is -0.388 e.